The number of thiophene rings is 2. The molecule has 0 radical (unpaired) electrons. The third-order valence-electron chi connectivity index (χ3n) is 14.2. The molecule has 6 aromatic heterocycles. The van der Waals surface area contributed by atoms with Crippen molar-refractivity contribution in [2.45, 2.75) is 52.0 Å². The molecule has 5 aliphatic heterocycles. The fourth-order valence-electron chi connectivity index (χ4n) is 9.22. The normalized spacial score (nSPS) is 20.1. The SMILES string of the molecule is CC1(C)OB(c2cnc(N)nc2)OC1(C)C.CS(=O)(=O)N1CCN(Cc2cc3cc(-c4cnc(N)nc4)nc(N4CCOCC4)c3s2)CC1.CS(=O)(=O)N1CCN(Cc2cc3cc(Br)nc(N4CCOCC4)c3s2)CC1. The van der Waals surface area contributed by atoms with Crippen molar-refractivity contribution in [3.63, 3.8) is 0 Å². The minimum absolute atomic E-state index is 0.238. The molecule has 0 atom stereocenters. The molecule has 0 saturated carbocycles. The number of pyridine rings is 2. The number of nitrogens with two attached hydrogens (primary N) is 2. The van der Waals surface area contributed by atoms with Crippen molar-refractivity contribution in [2.75, 3.05) is 139 Å². The zero-order valence-electron chi connectivity index (χ0n) is 43.7. The van der Waals surface area contributed by atoms with E-state index < -0.39 is 27.2 Å². The van der Waals surface area contributed by atoms with Crippen LogP contribution in [0.25, 0.3) is 31.4 Å². The van der Waals surface area contributed by atoms with Crippen molar-refractivity contribution in [2.24, 2.45) is 0 Å². The monoisotopic (exact) mass is 1180 g/mol. The van der Waals surface area contributed by atoms with E-state index in [-0.39, 0.29) is 23.1 Å². The highest BCUT2D eigenvalue weighted by Gasteiger charge is 2.52. The second kappa shape index (κ2) is 23.6. The molecule has 76 heavy (non-hydrogen) atoms. The Hall–Kier alpha value is -4.30. The van der Waals surface area contributed by atoms with E-state index in [0.717, 1.165) is 122 Å². The van der Waals surface area contributed by atoms with E-state index in [9.17, 15) is 16.8 Å². The number of rotatable bonds is 10. The number of hydrogen-bond acceptors (Lipinski definition) is 22. The third kappa shape index (κ3) is 13.7. The Morgan fingerprint density at radius 1 is 0.592 bits per heavy atom. The minimum Gasteiger partial charge on any atom is -0.399 e. The Balaban J connectivity index is 0.000000148. The number of piperazine rings is 2. The van der Waals surface area contributed by atoms with Crippen LogP contribution in [0.1, 0.15) is 37.4 Å². The van der Waals surface area contributed by atoms with Crippen molar-refractivity contribution in [1.82, 2.24) is 48.3 Å². The maximum Gasteiger partial charge on any atom is 0.498 e. The number of hydrogen-bond donors (Lipinski definition) is 2. The molecule has 410 valence electrons. The molecule has 0 aliphatic carbocycles. The first-order valence-electron chi connectivity index (χ1n) is 25.1. The molecule has 5 saturated heterocycles. The molecule has 28 heteroatoms. The summed E-state index contributed by atoms with van der Waals surface area (Å²) in [5.74, 6) is 2.48. The lowest BCUT2D eigenvalue weighted by Gasteiger charge is -2.32. The van der Waals surface area contributed by atoms with Crippen LogP contribution in [0, 0.1) is 0 Å². The standard InChI is InChI=1S/C21H27N7O3S2.C17H23BrN4O3S2.C10H16BN3O2/c1-33(29,30)28-4-2-26(3-5-28)14-17-10-15-11-18(16-12-23-21(22)24-13-16)25-20(19(15)32-17)27-6-8-31-9-7-27;1-27(23,24)22-4-2-20(3-5-22)12-14-10-13-11-15(18)19-17(16(13)26-14)21-6-8-25-9-7-21;1-9(2)10(3,4)16-11(15-9)7-5-13-8(12)14-6-7/h10-13H,2-9,14H2,1H3,(H2,22,23,24);10-11H,2-9,12H2,1H3;5-6H,1-4H3,(H2,12,13,14). The molecule has 0 bridgehead atoms. The number of nitrogen functional groups attached to an aromatic ring is 2. The number of sulfonamides is 2. The summed E-state index contributed by atoms with van der Waals surface area (Å²) in [6, 6.07) is 8.60. The summed E-state index contributed by atoms with van der Waals surface area (Å²) >= 11 is 7.09. The van der Waals surface area contributed by atoms with E-state index in [1.807, 2.05) is 27.7 Å². The average Bonchev–Trinajstić information content (AvgIpc) is 4.05. The minimum atomic E-state index is -3.13. The quantitative estimate of drug-likeness (QED) is 0.147. The number of halogens is 1. The van der Waals surface area contributed by atoms with Crippen LogP contribution in [0.3, 0.4) is 0 Å². The number of anilines is 4. The maximum atomic E-state index is 11.8. The highest BCUT2D eigenvalue weighted by molar-refractivity contribution is 9.10. The van der Waals surface area contributed by atoms with E-state index in [0.29, 0.717) is 39.4 Å². The smallest absolute Gasteiger partial charge is 0.399 e. The van der Waals surface area contributed by atoms with Gasteiger partial charge in [-0.1, -0.05) is 0 Å². The van der Waals surface area contributed by atoms with Crippen molar-refractivity contribution in [3.8, 4) is 11.3 Å². The Bertz CT molecular complexity index is 3170. The van der Waals surface area contributed by atoms with Gasteiger partial charge in [-0.05, 0) is 78.7 Å². The highest BCUT2D eigenvalue weighted by Crippen LogP contribution is 2.39. The van der Waals surface area contributed by atoms with E-state index in [2.05, 4.69) is 79.7 Å². The zero-order chi connectivity index (χ0) is 54.0. The molecule has 22 nitrogen and oxygen atoms in total. The Morgan fingerprint density at radius 3 is 1.43 bits per heavy atom. The highest BCUT2D eigenvalue weighted by atomic mass is 79.9. The van der Waals surface area contributed by atoms with Crippen molar-refractivity contribution >= 4 is 115 Å². The van der Waals surface area contributed by atoms with E-state index in [4.69, 9.17) is 40.2 Å². The zero-order valence-corrected chi connectivity index (χ0v) is 48.6. The van der Waals surface area contributed by atoms with Crippen LogP contribution in [0.2, 0.25) is 0 Å². The van der Waals surface area contributed by atoms with Gasteiger partial charge in [0.1, 0.15) is 16.2 Å². The summed E-state index contributed by atoms with van der Waals surface area (Å²) in [5, 5.41) is 2.33. The van der Waals surface area contributed by atoms with Crippen molar-refractivity contribution < 1.29 is 35.6 Å². The van der Waals surface area contributed by atoms with Gasteiger partial charge in [-0.15, -0.1) is 22.7 Å². The maximum absolute atomic E-state index is 11.8. The molecule has 0 spiro atoms. The molecule has 11 heterocycles. The first-order chi connectivity index (χ1) is 36.1. The largest absolute Gasteiger partial charge is 0.498 e. The predicted molar refractivity (Wildman–Crippen MR) is 304 cm³/mol. The number of nitrogens with zero attached hydrogens (tertiary/aromatic N) is 12. The molecule has 5 aliphatic rings. The van der Waals surface area contributed by atoms with Crippen LogP contribution in [0.15, 0.2) is 53.7 Å². The van der Waals surface area contributed by atoms with Gasteiger partial charge in [-0.2, -0.15) is 8.61 Å². The fraction of sp³-hybridized carbons (Fsp3) is 0.542. The molecule has 0 aromatic carbocycles. The second-order valence-electron chi connectivity index (χ2n) is 20.2. The molecule has 0 unspecified atom stereocenters. The van der Waals surface area contributed by atoms with Gasteiger partial charge in [0.2, 0.25) is 31.9 Å². The first-order valence-corrected chi connectivity index (χ1v) is 31.2. The van der Waals surface area contributed by atoms with E-state index in [1.54, 1.807) is 56.1 Å². The lowest BCUT2D eigenvalue weighted by Crippen LogP contribution is -2.47. The molecule has 4 N–H and O–H groups in total. The average molecular weight is 1190 g/mol. The molecule has 6 aromatic rings. The number of ether oxygens (including phenoxy) is 2. The van der Waals surface area contributed by atoms with Gasteiger partial charge in [-0.25, -0.2) is 46.7 Å². The molecule has 11 rings (SSSR count). The topological polar surface area (TPSA) is 254 Å². The number of morpholine rings is 2. The van der Waals surface area contributed by atoms with Gasteiger partial charge in [0.15, 0.2) is 0 Å². The first kappa shape index (κ1) is 56.4. The van der Waals surface area contributed by atoms with Gasteiger partial charge < -0.3 is 40.0 Å². The van der Waals surface area contributed by atoms with Crippen LogP contribution in [-0.4, -0.2) is 201 Å². The lowest BCUT2D eigenvalue weighted by atomic mass is 9.81. The van der Waals surface area contributed by atoms with Gasteiger partial charge in [0.05, 0.1) is 65.2 Å². The summed E-state index contributed by atoms with van der Waals surface area (Å²) in [6.07, 6.45) is 9.22. The third-order valence-corrected chi connectivity index (χ3v) is 19.5. The Labute approximate surface area is 461 Å². The predicted octanol–water partition coefficient (Wildman–Crippen LogP) is 3.58. The number of fused-ring (bicyclic) bond motifs is 2. The fourth-order valence-corrected chi connectivity index (χ4v) is 13.7. The summed E-state index contributed by atoms with van der Waals surface area (Å²) in [5.41, 5.74) is 12.8. The Kier molecular flexibility index (Phi) is 17.5. The molecular formula is C48H66BBrN14O8S4. The summed E-state index contributed by atoms with van der Waals surface area (Å²) in [6.45, 7) is 21.0. The van der Waals surface area contributed by atoms with Gasteiger partial charge in [0.25, 0.3) is 0 Å². The van der Waals surface area contributed by atoms with Crippen LogP contribution in [0.4, 0.5) is 23.5 Å². The van der Waals surface area contributed by atoms with Crippen molar-refractivity contribution in [1.29, 1.82) is 0 Å². The van der Waals surface area contributed by atoms with Crippen LogP contribution < -0.4 is 26.7 Å². The summed E-state index contributed by atoms with van der Waals surface area (Å²) in [4.78, 5) is 37.6. The molecular weight excluding hydrogens is 1120 g/mol. The number of aromatic nitrogens is 6. The molecule has 5 fully saturated rings. The lowest BCUT2D eigenvalue weighted by molar-refractivity contribution is 0.00578. The second-order valence-corrected chi connectivity index (χ2v) is 27.3. The van der Waals surface area contributed by atoms with E-state index >= 15 is 0 Å². The van der Waals surface area contributed by atoms with Gasteiger partial charge >= 0.3 is 7.12 Å². The molecule has 0 amide bonds. The van der Waals surface area contributed by atoms with E-state index in [1.165, 1.54) is 32.4 Å². The van der Waals surface area contributed by atoms with Crippen LogP contribution in [0.5, 0.6) is 0 Å². The van der Waals surface area contributed by atoms with Crippen molar-refractivity contribution in [3.05, 3.63) is 63.4 Å². The Morgan fingerprint density at radius 2 is 1.00 bits per heavy atom. The van der Waals surface area contributed by atoms with Gasteiger partial charge in [0, 0.05) is 137 Å². The van der Waals surface area contributed by atoms with Gasteiger partial charge in [-0.3, -0.25) is 9.80 Å². The van der Waals surface area contributed by atoms with Crippen LogP contribution >= 0.6 is 38.6 Å². The summed E-state index contributed by atoms with van der Waals surface area (Å²) in [7, 11) is -6.64. The summed E-state index contributed by atoms with van der Waals surface area (Å²) < 4.78 is 76.0. The van der Waals surface area contributed by atoms with Crippen LogP contribution in [-0.2, 0) is 51.9 Å².